The van der Waals surface area contributed by atoms with Crippen molar-refractivity contribution in [2.75, 3.05) is 20.3 Å². The number of methoxy groups -OCH3 is 1. The highest BCUT2D eigenvalue weighted by molar-refractivity contribution is 4.92. The summed E-state index contributed by atoms with van der Waals surface area (Å²) in [7, 11) is 1.56. The van der Waals surface area contributed by atoms with Gasteiger partial charge in [0, 0.05) is 12.5 Å². The molecule has 0 aromatic rings. The number of rotatable bonds is 4. The molecule has 0 aromatic carbocycles. The summed E-state index contributed by atoms with van der Waals surface area (Å²) in [4.78, 5) is 0. The number of aliphatic hydroxyl groups excluding tert-OH is 2. The normalized spacial score (nSPS) is 24.3. The molecule has 11 heavy (non-hydrogen) atoms. The van der Waals surface area contributed by atoms with Gasteiger partial charge in [-0.05, 0) is 12.8 Å². The zero-order chi connectivity index (χ0) is 8.32. The molecule has 0 aliphatic heterocycles. The third-order valence-electron chi connectivity index (χ3n) is 2.70. The fraction of sp³-hybridized carbons (Fsp3) is 1.00. The molecule has 2 N–H and O–H groups in total. The zero-order valence-corrected chi connectivity index (χ0v) is 6.92. The average molecular weight is 160 g/mol. The minimum Gasteiger partial charge on any atom is -0.396 e. The highest BCUT2D eigenvalue weighted by atomic mass is 16.5. The average Bonchev–Trinajstić information content (AvgIpc) is 1.87. The number of hydrogen-bond acceptors (Lipinski definition) is 3. The maximum absolute atomic E-state index is 9.53. The number of aliphatic hydroxyl groups is 2. The highest BCUT2D eigenvalue weighted by Crippen LogP contribution is 2.43. The van der Waals surface area contributed by atoms with Crippen molar-refractivity contribution in [2.24, 2.45) is 5.41 Å². The van der Waals surface area contributed by atoms with E-state index in [1.807, 2.05) is 0 Å². The lowest BCUT2D eigenvalue weighted by Gasteiger charge is -2.43. The van der Waals surface area contributed by atoms with E-state index in [0.717, 1.165) is 19.3 Å². The van der Waals surface area contributed by atoms with Gasteiger partial charge >= 0.3 is 0 Å². The van der Waals surface area contributed by atoms with E-state index in [0.29, 0.717) is 6.61 Å². The predicted octanol–water partition coefficient (Wildman–Crippen LogP) is 0.156. The van der Waals surface area contributed by atoms with Crippen molar-refractivity contribution in [2.45, 2.75) is 25.4 Å². The molecule has 1 fully saturated rings. The van der Waals surface area contributed by atoms with Gasteiger partial charge in [0.25, 0.3) is 0 Å². The van der Waals surface area contributed by atoms with Crippen molar-refractivity contribution < 1.29 is 14.9 Å². The molecule has 0 saturated heterocycles. The van der Waals surface area contributed by atoms with E-state index in [9.17, 15) is 5.11 Å². The van der Waals surface area contributed by atoms with Crippen LogP contribution in [-0.2, 0) is 4.74 Å². The second kappa shape index (κ2) is 3.52. The van der Waals surface area contributed by atoms with Gasteiger partial charge in [0.2, 0.25) is 0 Å². The van der Waals surface area contributed by atoms with Crippen LogP contribution in [0.5, 0.6) is 0 Å². The Kier molecular flexibility index (Phi) is 2.87. The SMILES string of the molecule is COCC(O)C1(CO)CCC1. The minimum absolute atomic E-state index is 0.0809. The Morgan fingerprint density at radius 3 is 2.45 bits per heavy atom. The Morgan fingerprint density at radius 1 is 1.55 bits per heavy atom. The van der Waals surface area contributed by atoms with Crippen molar-refractivity contribution in [3.05, 3.63) is 0 Å². The van der Waals surface area contributed by atoms with Gasteiger partial charge in [0.05, 0.1) is 19.3 Å². The fourth-order valence-electron chi connectivity index (χ4n) is 1.56. The van der Waals surface area contributed by atoms with Crippen LogP contribution in [0.2, 0.25) is 0 Å². The van der Waals surface area contributed by atoms with Crippen molar-refractivity contribution in [3.8, 4) is 0 Å². The number of hydrogen-bond donors (Lipinski definition) is 2. The van der Waals surface area contributed by atoms with Gasteiger partial charge in [-0.2, -0.15) is 0 Å². The molecular formula is C8H16O3. The van der Waals surface area contributed by atoms with E-state index < -0.39 is 6.10 Å². The Morgan fingerprint density at radius 2 is 2.18 bits per heavy atom. The predicted molar refractivity (Wildman–Crippen MR) is 41.3 cm³/mol. The summed E-state index contributed by atoms with van der Waals surface area (Å²) in [6, 6.07) is 0. The van der Waals surface area contributed by atoms with Crippen LogP contribution in [0.15, 0.2) is 0 Å². The maximum Gasteiger partial charge on any atom is 0.0851 e. The molecule has 1 aliphatic carbocycles. The fourth-order valence-corrected chi connectivity index (χ4v) is 1.56. The van der Waals surface area contributed by atoms with Crippen LogP contribution >= 0.6 is 0 Å². The van der Waals surface area contributed by atoms with Crippen LogP contribution in [0, 0.1) is 5.41 Å². The third kappa shape index (κ3) is 1.55. The smallest absolute Gasteiger partial charge is 0.0851 e. The summed E-state index contributed by atoms with van der Waals surface area (Å²) in [6.45, 7) is 0.415. The molecule has 0 spiro atoms. The van der Waals surface area contributed by atoms with E-state index in [4.69, 9.17) is 9.84 Å². The van der Waals surface area contributed by atoms with E-state index >= 15 is 0 Å². The Hall–Kier alpha value is -0.120. The topological polar surface area (TPSA) is 49.7 Å². The quantitative estimate of drug-likeness (QED) is 0.615. The van der Waals surface area contributed by atoms with Crippen LogP contribution in [0.4, 0.5) is 0 Å². The summed E-state index contributed by atoms with van der Waals surface area (Å²) < 4.78 is 4.83. The largest absolute Gasteiger partial charge is 0.396 e. The zero-order valence-electron chi connectivity index (χ0n) is 6.92. The van der Waals surface area contributed by atoms with Crippen molar-refractivity contribution in [1.29, 1.82) is 0 Å². The van der Waals surface area contributed by atoms with Gasteiger partial charge in [-0.25, -0.2) is 0 Å². The summed E-state index contributed by atoms with van der Waals surface area (Å²) in [5.74, 6) is 0. The van der Waals surface area contributed by atoms with Crippen molar-refractivity contribution in [1.82, 2.24) is 0 Å². The molecular weight excluding hydrogens is 144 g/mol. The van der Waals surface area contributed by atoms with Crippen LogP contribution in [0.25, 0.3) is 0 Å². The van der Waals surface area contributed by atoms with E-state index in [2.05, 4.69) is 0 Å². The number of ether oxygens (including phenoxy) is 1. The van der Waals surface area contributed by atoms with Crippen LogP contribution in [-0.4, -0.2) is 36.6 Å². The van der Waals surface area contributed by atoms with Crippen molar-refractivity contribution in [3.63, 3.8) is 0 Å². The van der Waals surface area contributed by atoms with Crippen LogP contribution < -0.4 is 0 Å². The van der Waals surface area contributed by atoms with E-state index in [1.54, 1.807) is 7.11 Å². The second-order valence-electron chi connectivity index (χ2n) is 3.35. The van der Waals surface area contributed by atoms with Crippen LogP contribution in [0.1, 0.15) is 19.3 Å². The molecule has 1 unspecified atom stereocenters. The minimum atomic E-state index is -0.494. The van der Waals surface area contributed by atoms with Gasteiger partial charge in [0.1, 0.15) is 0 Å². The first-order valence-electron chi connectivity index (χ1n) is 4.03. The van der Waals surface area contributed by atoms with Crippen molar-refractivity contribution >= 4 is 0 Å². The molecule has 0 heterocycles. The van der Waals surface area contributed by atoms with Gasteiger partial charge < -0.3 is 14.9 Å². The molecule has 1 atom stereocenters. The summed E-state index contributed by atoms with van der Waals surface area (Å²) in [5.41, 5.74) is -0.240. The summed E-state index contributed by atoms with van der Waals surface area (Å²) in [5, 5.41) is 18.6. The van der Waals surface area contributed by atoms with Gasteiger partial charge in [-0.1, -0.05) is 6.42 Å². The third-order valence-corrected chi connectivity index (χ3v) is 2.70. The standard InChI is InChI=1S/C8H16O3/c1-11-5-7(10)8(6-9)3-2-4-8/h7,9-10H,2-6H2,1H3. The Bertz CT molecular complexity index is 115. The van der Waals surface area contributed by atoms with Gasteiger partial charge in [-0.3, -0.25) is 0 Å². The van der Waals surface area contributed by atoms with E-state index in [1.165, 1.54) is 0 Å². The molecule has 3 nitrogen and oxygen atoms in total. The molecule has 3 heteroatoms. The molecule has 0 radical (unpaired) electrons. The maximum atomic E-state index is 9.53. The second-order valence-corrected chi connectivity index (χ2v) is 3.35. The molecule has 0 aromatic heterocycles. The molecule has 1 aliphatic rings. The summed E-state index contributed by atoms with van der Waals surface area (Å²) >= 11 is 0. The first-order chi connectivity index (χ1) is 5.25. The first-order valence-corrected chi connectivity index (χ1v) is 4.03. The van der Waals surface area contributed by atoms with Gasteiger partial charge in [-0.15, -0.1) is 0 Å². The summed E-state index contributed by atoms with van der Waals surface area (Å²) in [6.07, 6.45) is 2.47. The lowest BCUT2D eigenvalue weighted by atomic mass is 9.66. The molecule has 0 bridgehead atoms. The lowest BCUT2D eigenvalue weighted by Crippen LogP contribution is -2.46. The molecule has 1 rings (SSSR count). The highest BCUT2D eigenvalue weighted by Gasteiger charge is 2.42. The molecule has 66 valence electrons. The molecule has 1 saturated carbocycles. The molecule has 0 amide bonds. The van der Waals surface area contributed by atoms with Gasteiger partial charge in [0.15, 0.2) is 0 Å². The monoisotopic (exact) mass is 160 g/mol. The van der Waals surface area contributed by atoms with Crippen LogP contribution in [0.3, 0.4) is 0 Å². The lowest BCUT2D eigenvalue weighted by molar-refractivity contribution is -0.0980. The Labute approximate surface area is 67.0 Å². The van der Waals surface area contributed by atoms with E-state index in [-0.39, 0.29) is 12.0 Å². The first kappa shape index (κ1) is 8.97. The Balaban J connectivity index is 2.40.